The fraction of sp³-hybridized carbons (Fsp3) is 0.167. The number of carbonyl (C=O) groups excluding carboxylic acids is 3. The lowest BCUT2D eigenvalue weighted by molar-refractivity contribution is 0.0505. The van der Waals surface area contributed by atoms with Crippen LogP contribution in [0.3, 0.4) is 0 Å². The van der Waals surface area contributed by atoms with Crippen LogP contribution < -0.4 is 11.1 Å². The highest BCUT2D eigenvalue weighted by Gasteiger charge is 2.09. The number of nitrogens with two attached hydrogens (primary N) is 1. The second-order valence-electron chi connectivity index (χ2n) is 5.11. The predicted octanol–water partition coefficient (Wildman–Crippen LogP) is 2.60. The summed E-state index contributed by atoms with van der Waals surface area (Å²) in [4.78, 5) is 34.8. The van der Waals surface area contributed by atoms with Gasteiger partial charge in [-0.1, -0.05) is 6.92 Å². The van der Waals surface area contributed by atoms with Crippen molar-refractivity contribution in [1.29, 1.82) is 0 Å². The number of primary amides is 1. The number of hydrogen-bond donors (Lipinski definition) is 2. The van der Waals surface area contributed by atoms with Gasteiger partial charge in [0.15, 0.2) is 0 Å². The standard InChI is InChI=1S/C18H18N2O4/c1-2-11-24-18(23)14-7-9-15(10-8-14)20-17(22)13-5-3-12(4-6-13)16(19)21/h3-10H,2,11H2,1H3,(H2,19,21)(H,20,22). The van der Waals surface area contributed by atoms with Crippen LogP contribution in [-0.2, 0) is 4.74 Å². The molecule has 2 aromatic carbocycles. The number of rotatable bonds is 6. The zero-order valence-electron chi connectivity index (χ0n) is 13.2. The van der Waals surface area contributed by atoms with Gasteiger partial charge in [0.2, 0.25) is 5.91 Å². The molecule has 0 unspecified atom stereocenters. The van der Waals surface area contributed by atoms with Crippen LogP contribution in [0, 0.1) is 0 Å². The Bertz CT molecular complexity index is 737. The molecule has 0 aromatic heterocycles. The third-order valence-electron chi connectivity index (χ3n) is 3.25. The summed E-state index contributed by atoms with van der Waals surface area (Å²) in [7, 11) is 0. The fourth-order valence-electron chi connectivity index (χ4n) is 1.96. The molecule has 3 N–H and O–H groups in total. The first-order chi connectivity index (χ1) is 11.5. The fourth-order valence-corrected chi connectivity index (χ4v) is 1.96. The van der Waals surface area contributed by atoms with Crippen LogP contribution in [0.25, 0.3) is 0 Å². The second kappa shape index (κ2) is 7.92. The minimum absolute atomic E-state index is 0.327. The van der Waals surface area contributed by atoms with E-state index in [1.807, 2.05) is 6.92 Å². The zero-order valence-corrected chi connectivity index (χ0v) is 13.2. The van der Waals surface area contributed by atoms with E-state index in [1.54, 1.807) is 24.3 Å². The van der Waals surface area contributed by atoms with Crippen molar-refractivity contribution in [3.63, 3.8) is 0 Å². The van der Waals surface area contributed by atoms with Crippen molar-refractivity contribution in [2.75, 3.05) is 11.9 Å². The number of anilines is 1. The molecular weight excluding hydrogens is 308 g/mol. The largest absolute Gasteiger partial charge is 0.462 e. The van der Waals surface area contributed by atoms with Crippen molar-refractivity contribution in [3.05, 3.63) is 65.2 Å². The first-order valence-corrected chi connectivity index (χ1v) is 7.49. The van der Waals surface area contributed by atoms with E-state index >= 15 is 0 Å². The predicted molar refractivity (Wildman–Crippen MR) is 89.9 cm³/mol. The monoisotopic (exact) mass is 326 g/mol. The second-order valence-corrected chi connectivity index (χ2v) is 5.11. The lowest BCUT2D eigenvalue weighted by Gasteiger charge is -2.07. The molecule has 2 aromatic rings. The van der Waals surface area contributed by atoms with Crippen molar-refractivity contribution in [1.82, 2.24) is 0 Å². The molecule has 0 aliphatic carbocycles. The average Bonchev–Trinajstić information content (AvgIpc) is 2.60. The van der Waals surface area contributed by atoms with Crippen LogP contribution in [0.15, 0.2) is 48.5 Å². The van der Waals surface area contributed by atoms with E-state index in [2.05, 4.69) is 5.32 Å². The van der Waals surface area contributed by atoms with Gasteiger partial charge >= 0.3 is 5.97 Å². The van der Waals surface area contributed by atoms with Crippen molar-refractivity contribution in [3.8, 4) is 0 Å². The molecule has 2 rings (SSSR count). The van der Waals surface area contributed by atoms with E-state index in [-0.39, 0.29) is 5.91 Å². The van der Waals surface area contributed by atoms with Gasteiger partial charge in [-0.3, -0.25) is 9.59 Å². The van der Waals surface area contributed by atoms with Crippen LogP contribution in [-0.4, -0.2) is 24.4 Å². The van der Waals surface area contributed by atoms with Gasteiger partial charge in [0.25, 0.3) is 5.91 Å². The molecule has 0 saturated carbocycles. The number of amides is 2. The Labute approximate surface area is 139 Å². The maximum Gasteiger partial charge on any atom is 0.338 e. The van der Waals surface area contributed by atoms with E-state index in [0.29, 0.717) is 29.0 Å². The smallest absolute Gasteiger partial charge is 0.338 e. The Kier molecular flexibility index (Phi) is 5.68. The summed E-state index contributed by atoms with van der Waals surface area (Å²) < 4.78 is 5.03. The van der Waals surface area contributed by atoms with Gasteiger partial charge in [-0.2, -0.15) is 0 Å². The van der Waals surface area contributed by atoms with Crippen LogP contribution in [0.4, 0.5) is 5.69 Å². The molecule has 0 fully saturated rings. The topological polar surface area (TPSA) is 98.5 Å². The third-order valence-corrected chi connectivity index (χ3v) is 3.25. The highest BCUT2D eigenvalue weighted by Crippen LogP contribution is 2.13. The van der Waals surface area contributed by atoms with Crippen molar-refractivity contribution in [2.24, 2.45) is 5.73 Å². The summed E-state index contributed by atoms with van der Waals surface area (Å²) in [6.07, 6.45) is 0.758. The molecule has 124 valence electrons. The van der Waals surface area contributed by atoms with E-state index < -0.39 is 11.9 Å². The molecule has 0 radical (unpaired) electrons. The summed E-state index contributed by atoms with van der Waals surface area (Å²) >= 11 is 0. The quantitative estimate of drug-likeness (QED) is 0.797. The van der Waals surface area contributed by atoms with Gasteiger partial charge in [0.1, 0.15) is 0 Å². The molecule has 0 atom stereocenters. The number of nitrogens with one attached hydrogen (secondary N) is 1. The molecule has 6 heteroatoms. The SMILES string of the molecule is CCCOC(=O)c1ccc(NC(=O)c2ccc(C(N)=O)cc2)cc1. The number of benzene rings is 2. The summed E-state index contributed by atoms with van der Waals surface area (Å²) in [5.74, 6) is -1.27. The number of esters is 1. The molecule has 0 heterocycles. The summed E-state index contributed by atoms with van der Waals surface area (Å²) in [5.41, 5.74) is 6.86. The van der Waals surface area contributed by atoms with Gasteiger partial charge in [-0.25, -0.2) is 4.79 Å². The molecule has 0 spiro atoms. The van der Waals surface area contributed by atoms with Gasteiger partial charge in [-0.15, -0.1) is 0 Å². The lowest BCUT2D eigenvalue weighted by atomic mass is 10.1. The minimum atomic E-state index is -0.549. The van der Waals surface area contributed by atoms with Crippen LogP contribution in [0.2, 0.25) is 0 Å². The Hall–Kier alpha value is -3.15. The lowest BCUT2D eigenvalue weighted by Crippen LogP contribution is -2.14. The molecule has 0 aliphatic heterocycles. The van der Waals surface area contributed by atoms with Crippen molar-refractivity contribution < 1.29 is 19.1 Å². The Morgan fingerprint density at radius 3 is 2.00 bits per heavy atom. The first kappa shape index (κ1) is 17.2. The van der Waals surface area contributed by atoms with Gasteiger partial charge in [-0.05, 0) is 55.0 Å². The summed E-state index contributed by atoms with van der Waals surface area (Å²) in [5, 5.41) is 2.71. The Morgan fingerprint density at radius 1 is 0.917 bits per heavy atom. The molecule has 0 saturated heterocycles. The molecule has 2 amide bonds. The van der Waals surface area contributed by atoms with E-state index in [9.17, 15) is 14.4 Å². The molecule has 0 bridgehead atoms. The molecule has 0 aliphatic rings. The van der Waals surface area contributed by atoms with Crippen LogP contribution in [0.5, 0.6) is 0 Å². The average molecular weight is 326 g/mol. The third kappa shape index (κ3) is 4.42. The molecule has 24 heavy (non-hydrogen) atoms. The van der Waals surface area contributed by atoms with Crippen LogP contribution in [0.1, 0.15) is 44.4 Å². The van der Waals surface area contributed by atoms with Crippen LogP contribution >= 0.6 is 0 Å². The number of carbonyl (C=O) groups is 3. The minimum Gasteiger partial charge on any atom is -0.462 e. The number of ether oxygens (including phenoxy) is 1. The number of hydrogen-bond acceptors (Lipinski definition) is 4. The molecule has 6 nitrogen and oxygen atoms in total. The normalized spacial score (nSPS) is 10.0. The van der Waals surface area contributed by atoms with E-state index in [1.165, 1.54) is 24.3 Å². The van der Waals surface area contributed by atoms with Gasteiger partial charge < -0.3 is 15.8 Å². The summed E-state index contributed by atoms with van der Waals surface area (Å²) in [6.45, 7) is 2.29. The Balaban J connectivity index is 2.01. The Morgan fingerprint density at radius 2 is 1.46 bits per heavy atom. The van der Waals surface area contributed by atoms with Crippen molar-refractivity contribution in [2.45, 2.75) is 13.3 Å². The van der Waals surface area contributed by atoms with E-state index in [4.69, 9.17) is 10.5 Å². The maximum absolute atomic E-state index is 12.1. The zero-order chi connectivity index (χ0) is 17.5. The van der Waals surface area contributed by atoms with Gasteiger partial charge in [0.05, 0.1) is 12.2 Å². The first-order valence-electron chi connectivity index (χ1n) is 7.49. The van der Waals surface area contributed by atoms with Crippen molar-refractivity contribution >= 4 is 23.5 Å². The highest BCUT2D eigenvalue weighted by atomic mass is 16.5. The van der Waals surface area contributed by atoms with E-state index in [0.717, 1.165) is 6.42 Å². The summed E-state index contributed by atoms with van der Waals surface area (Å²) in [6, 6.07) is 12.4. The highest BCUT2D eigenvalue weighted by molar-refractivity contribution is 6.05. The van der Waals surface area contributed by atoms with Gasteiger partial charge in [0, 0.05) is 16.8 Å². The molecular formula is C18H18N2O4. The maximum atomic E-state index is 12.1.